The Labute approximate surface area is 139 Å². The van der Waals surface area contributed by atoms with E-state index >= 15 is 0 Å². The highest BCUT2D eigenvalue weighted by Gasteiger charge is 2.30. The molecule has 1 fully saturated rings. The third-order valence-electron chi connectivity index (χ3n) is 3.51. The summed E-state index contributed by atoms with van der Waals surface area (Å²) in [7, 11) is -3.70. The number of rotatable bonds is 5. The summed E-state index contributed by atoms with van der Waals surface area (Å²) in [4.78, 5) is 12.5. The standard InChI is InChI=1S/C13H16Cl2N2O4S/c14-10-2-1-3-11(13(10)15)22(20,21)17-8-6-16(7-9-17)5-4-12(18)19/h1-3H,4-9H2,(H,18,19). The predicted octanol–water partition coefficient (Wildman–Crippen LogP) is 1.77. The Balaban J connectivity index is 2.07. The second kappa shape index (κ2) is 7.14. The lowest BCUT2D eigenvalue weighted by atomic mass is 10.3. The molecule has 1 aromatic carbocycles. The molecule has 0 bridgehead atoms. The van der Waals surface area contributed by atoms with Gasteiger partial charge in [-0.2, -0.15) is 4.31 Å². The van der Waals surface area contributed by atoms with Crippen LogP contribution in [0.15, 0.2) is 23.1 Å². The maximum absolute atomic E-state index is 12.6. The number of hydrogen-bond donors (Lipinski definition) is 1. The van der Waals surface area contributed by atoms with Crippen LogP contribution in [0.5, 0.6) is 0 Å². The molecule has 0 saturated carbocycles. The van der Waals surface area contributed by atoms with E-state index < -0.39 is 16.0 Å². The number of sulfonamides is 1. The van der Waals surface area contributed by atoms with Gasteiger partial charge in [0, 0.05) is 32.7 Å². The van der Waals surface area contributed by atoms with E-state index in [-0.39, 0.29) is 21.4 Å². The van der Waals surface area contributed by atoms with Gasteiger partial charge in [-0.3, -0.25) is 4.79 Å². The van der Waals surface area contributed by atoms with Crippen LogP contribution in [0, 0.1) is 0 Å². The molecule has 1 saturated heterocycles. The molecule has 1 aliphatic rings. The summed E-state index contributed by atoms with van der Waals surface area (Å²) in [6.45, 7) is 1.99. The number of carbonyl (C=O) groups is 1. The molecule has 0 amide bonds. The van der Waals surface area contributed by atoms with Gasteiger partial charge in [-0.1, -0.05) is 29.3 Å². The van der Waals surface area contributed by atoms with E-state index in [2.05, 4.69) is 0 Å². The van der Waals surface area contributed by atoms with Gasteiger partial charge in [-0.15, -0.1) is 0 Å². The van der Waals surface area contributed by atoms with Crippen LogP contribution >= 0.6 is 23.2 Å². The van der Waals surface area contributed by atoms with Crippen molar-refractivity contribution in [3.05, 3.63) is 28.2 Å². The molecule has 1 N–H and O–H groups in total. The first-order valence-corrected chi connectivity index (χ1v) is 8.90. The number of benzene rings is 1. The van der Waals surface area contributed by atoms with Crippen LogP contribution in [0.4, 0.5) is 0 Å². The van der Waals surface area contributed by atoms with Gasteiger partial charge in [0.25, 0.3) is 0 Å². The van der Waals surface area contributed by atoms with E-state index in [4.69, 9.17) is 28.3 Å². The summed E-state index contributed by atoms with van der Waals surface area (Å²) in [5, 5.41) is 8.89. The fourth-order valence-corrected chi connectivity index (χ4v) is 4.43. The lowest BCUT2D eigenvalue weighted by Crippen LogP contribution is -2.49. The molecule has 1 aliphatic heterocycles. The zero-order valence-corrected chi connectivity index (χ0v) is 14.0. The molecule has 1 aromatic rings. The van der Waals surface area contributed by atoms with Crippen molar-refractivity contribution in [1.82, 2.24) is 9.21 Å². The lowest BCUT2D eigenvalue weighted by Gasteiger charge is -2.33. The van der Waals surface area contributed by atoms with Gasteiger partial charge in [0.05, 0.1) is 16.5 Å². The second-order valence-electron chi connectivity index (χ2n) is 4.94. The Bertz CT molecular complexity index is 658. The van der Waals surface area contributed by atoms with Crippen molar-refractivity contribution in [2.75, 3.05) is 32.7 Å². The normalized spacial score (nSPS) is 17.5. The van der Waals surface area contributed by atoms with Crippen LogP contribution < -0.4 is 0 Å². The number of nitrogens with zero attached hydrogens (tertiary/aromatic N) is 2. The van der Waals surface area contributed by atoms with E-state index in [0.717, 1.165) is 0 Å². The first-order valence-electron chi connectivity index (χ1n) is 6.70. The zero-order valence-electron chi connectivity index (χ0n) is 11.7. The second-order valence-corrected chi connectivity index (χ2v) is 7.63. The molecule has 122 valence electrons. The predicted molar refractivity (Wildman–Crippen MR) is 83.9 cm³/mol. The molecule has 0 atom stereocenters. The smallest absolute Gasteiger partial charge is 0.304 e. The molecule has 0 aliphatic carbocycles. The molecule has 2 rings (SSSR count). The molecule has 0 spiro atoms. The van der Waals surface area contributed by atoms with Crippen molar-refractivity contribution in [3.8, 4) is 0 Å². The monoisotopic (exact) mass is 366 g/mol. The largest absolute Gasteiger partial charge is 0.481 e. The highest BCUT2D eigenvalue weighted by molar-refractivity contribution is 7.89. The number of hydrogen-bond acceptors (Lipinski definition) is 4. The van der Waals surface area contributed by atoms with Gasteiger partial charge in [0.15, 0.2) is 0 Å². The van der Waals surface area contributed by atoms with Crippen LogP contribution in [0.1, 0.15) is 6.42 Å². The van der Waals surface area contributed by atoms with E-state index in [1.54, 1.807) is 6.07 Å². The van der Waals surface area contributed by atoms with Gasteiger partial charge >= 0.3 is 5.97 Å². The summed E-state index contributed by atoms with van der Waals surface area (Å²) >= 11 is 11.9. The number of carboxylic acids is 1. The fourth-order valence-electron chi connectivity index (χ4n) is 2.27. The summed E-state index contributed by atoms with van der Waals surface area (Å²) in [5.41, 5.74) is 0. The topological polar surface area (TPSA) is 77.9 Å². The minimum absolute atomic E-state index is 0.000604. The third-order valence-corrected chi connectivity index (χ3v) is 6.38. The quantitative estimate of drug-likeness (QED) is 0.858. The molecule has 0 unspecified atom stereocenters. The average molecular weight is 367 g/mol. The highest BCUT2D eigenvalue weighted by Crippen LogP contribution is 2.31. The van der Waals surface area contributed by atoms with E-state index in [9.17, 15) is 13.2 Å². The van der Waals surface area contributed by atoms with Crippen molar-refractivity contribution in [3.63, 3.8) is 0 Å². The Morgan fingerprint density at radius 3 is 2.41 bits per heavy atom. The third kappa shape index (κ3) is 3.91. The van der Waals surface area contributed by atoms with E-state index in [1.165, 1.54) is 16.4 Å². The van der Waals surface area contributed by atoms with E-state index in [1.807, 2.05) is 4.90 Å². The molecule has 0 radical (unpaired) electrons. The number of aliphatic carboxylic acids is 1. The van der Waals surface area contributed by atoms with E-state index in [0.29, 0.717) is 32.7 Å². The summed E-state index contributed by atoms with van der Waals surface area (Å²) in [5.74, 6) is -0.860. The van der Waals surface area contributed by atoms with Crippen molar-refractivity contribution in [2.24, 2.45) is 0 Å². The highest BCUT2D eigenvalue weighted by atomic mass is 35.5. The van der Waals surface area contributed by atoms with Crippen molar-refractivity contribution in [2.45, 2.75) is 11.3 Å². The van der Waals surface area contributed by atoms with Crippen LogP contribution in [0.3, 0.4) is 0 Å². The summed E-state index contributed by atoms with van der Waals surface area (Å²) in [6, 6.07) is 4.51. The van der Waals surface area contributed by atoms with Gasteiger partial charge in [-0.05, 0) is 12.1 Å². The molecular formula is C13H16Cl2N2O4S. The van der Waals surface area contributed by atoms with Gasteiger partial charge in [0.1, 0.15) is 4.90 Å². The molecular weight excluding hydrogens is 351 g/mol. The molecule has 1 heterocycles. The first-order chi connectivity index (χ1) is 10.3. The SMILES string of the molecule is O=C(O)CCN1CCN(S(=O)(=O)c2cccc(Cl)c2Cl)CC1. The van der Waals surface area contributed by atoms with Gasteiger partial charge in [-0.25, -0.2) is 8.42 Å². The Morgan fingerprint density at radius 1 is 1.18 bits per heavy atom. The van der Waals surface area contributed by atoms with Gasteiger partial charge in [0.2, 0.25) is 10.0 Å². The van der Waals surface area contributed by atoms with Crippen LogP contribution in [-0.4, -0.2) is 61.4 Å². The average Bonchev–Trinajstić information content (AvgIpc) is 2.48. The minimum atomic E-state index is -3.70. The number of halogens is 2. The van der Waals surface area contributed by atoms with Crippen LogP contribution in [0.2, 0.25) is 10.0 Å². The van der Waals surface area contributed by atoms with Gasteiger partial charge < -0.3 is 10.0 Å². The van der Waals surface area contributed by atoms with Crippen molar-refractivity contribution < 1.29 is 18.3 Å². The molecule has 6 nitrogen and oxygen atoms in total. The first kappa shape index (κ1) is 17.5. The number of piperazine rings is 1. The van der Waals surface area contributed by atoms with Crippen molar-refractivity contribution >= 4 is 39.2 Å². The zero-order chi connectivity index (χ0) is 16.3. The fraction of sp³-hybridized carbons (Fsp3) is 0.462. The maximum Gasteiger partial charge on any atom is 0.304 e. The van der Waals surface area contributed by atoms with Crippen molar-refractivity contribution in [1.29, 1.82) is 0 Å². The van der Waals surface area contributed by atoms with Crippen LogP contribution in [-0.2, 0) is 14.8 Å². The summed E-state index contributed by atoms with van der Waals surface area (Å²) < 4.78 is 26.6. The molecule has 9 heteroatoms. The molecule has 0 aromatic heterocycles. The Kier molecular flexibility index (Phi) is 5.68. The summed E-state index contributed by atoms with van der Waals surface area (Å²) in [6.07, 6.45) is 0.0485. The number of carboxylic acid groups (broad SMARTS) is 1. The Hall–Kier alpha value is -0.860. The molecule has 22 heavy (non-hydrogen) atoms. The van der Waals surface area contributed by atoms with Crippen LogP contribution in [0.25, 0.3) is 0 Å². The Morgan fingerprint density at radius 2 is 1.82 bits per heavy atom. The minimum Gasteiger partial charge on any atom is -0.481 e. The lowest BCUT2D eigenvalue weighted by molar-refractivity contribution is -0.137. The maximum atomic E-state index is 12.6.